The third kappa shape index (κ3) is 1.16. The number of nitrogens with zero attached hydrogens (tertiary/aromatic N) is 1. The first kappa shape index (κ1) is 8.10. The van der Waals surface area contributed by atoms with Gasteiger partial charge in [-0.3, -0.25) is 4.79 Å². The average Bonchev–Trinajstić information content (AvgIpc) is 2.48. The Hall–Kier alpha value is -1.51. The zero-order chi connectivity index (χ0) is 9.42. The van der Waals surface area contributed by atoms with Gasteiger partial charge in [-0.2, -0.15) is 0 Å². The molecular formula is C10H12N2O. The first-order valence-electron chi connectivity index (χ1n) is 4.38. The SMILES string of the molecule is CC(C)n1ccc2c(=O)[nH]ccc21. The van der Waals surface area contributed by atoms with Gasteiger partial charge in [-0.1, -0.05) is 0 Å². The Labute approximate surface area is 76.0 Å². The molecule has 13 heavy (non-hydrogen) atoms. The van der Waals surface area contributed by atoms with Gasteiger partial charge in [0, 0.05) is 18.4 Å². The molecule has 0 aliphatic carbocycles. The molecule has 0 spiro atoms. The van der Waals surface area contributed by atoms with Crippen LogP contribution in [0.4, 0.5) is 0 Å². The lowest BCUT2D eigenvalue weighted by Crippen LogP contribution is -2.05. The van der Waals surface area contributed by atoms with E-state index in [1.54, 1.807) is 6.20 Å². The first-order valence-corrected chi connectivity index (χ1v) is 4.38. The number of hydrogen-bond acceptors (Lipinski definition) is 1. The highest BCUT2D eigenvalue weighted by Crippen LogP contribution is 2.15. The Kier molecular flexibility index (Phi) is 1.72. The van der Waals surface area contributed by atoms with Gasteiger partial charge in [-0.15, -0.1) is 0 Å². The van der Waals surface area contributed by atoms with E-state index >= 15 is 0 Å². The summed E-state index contributed by atoms with van der Waals surface area (Å²) < 4.78 is 2.09. The molecule has 0 radical (unpaired) electrons. The lowest BCUT2D eigenvalue weighted by Gasteiger charge is -2.08. The highest BCUT2D eigenvalue weighted by Gasteiger charge is 2.05. The van der Waals surface area contributed by atoms with Gasteiger partial charge < -0.3 is 9.55 Å². The largest absolute Gasteiger partial charge is 0.345 e. The minimum Gasteiger partial charge on any atom is -0.345 e. The van der Waals surface area contributed by atoms with Crippen LogP contribution in [0.2, 0.25) is 0 Å². The number of pyridine rings is 1. The van der Waals surface area contributed by atoms with Crippen molar-refractivity contribution < 1.29 is 0 Å². The van der Waals surface area contributed by atoms with E-state index in [-0.39, 0.29) is 5.56 Å². The number of hydrogen-bond donors (Lipinski definition) is 1. The molecule has 1 N–H and O–H groups in total. The van der Waals surface area contributed by atoms with Crippen molar-refractivity contribution in [2.45, 2.75) is 19.9 Å². The first-order chi connectivity index (χ1) is 6.20. The standard InChI is InChI=1S/C10H12N2O/c1-7(2)12-6-4-8-9(12)3-5-11-10(8)13/h3-7H,1-2H3,(H,11,13). The second-order valence-corrected chi connectivity index (χ2v) is 3.42. The third-order valence-electron chi connectivity index (χ3n) is 2.21. The molecule has 2 heterocycles. The number of fused-ring (bicyclic) bond motifs is 1. The van der Waals surface area contributed by atoms with Crippen molar-refractivity contribution in [3.63, 3.8) is 0 Å². The Bertz CT molecular complexity index is 479. The summed E-state index contributed by atoms with van der Waals surface area (Å²) in [6.07, 6.45) is 3.63. The van der Waals surface area contributed by atoms with Gasteiger partial charge in [0.25, 0.3) is 5.56 Å². The Balaban J connectivity index is 2.83. The molecule has 0 amide bonds. The fraction of sp³-hybridized carbons (Fsp3) is 0.300. The molecule has 2 aromatic rings. The molecule has 3 heteroatoms. The lowest BCUT2D eigenvalue weighted by atomic mass is 10.3. The molecule has 2 rings (SSSR count). The number of nitrogens with one attached hydrogen (secondary N) is 1. The van der Waals surface area contributed by atoms with Gasteiger partial charge in [0.1, 0.15) is 0 Å². The van der Waals surface area contributed by atoms with Crippen LogP contribution in [0, 0.1) is 0 Å². The number of H-pyrrole nitrogens is 1. The van der Waals surface area contributed by atoms with Crippen molar-refractivity contribution in [3.05, 3.63) is 34.9 Å². The zero-order valence-corrected chi connectivity index (χ0v) is 7.74. The van der Waals surface area contributed by atoms with Crippen LogP contribution < -0.4 is 5.56 Å². The maximum Gasteiger partial charge on any atom is 0.257 e. The third-order valence-corrected chi connectivity index (χ3v) is 2.21. The Morgan fingerprint density at radius 2 is 2.15 bits per heavy atom. The molecule has 0 aromatic carbocycles. The van der Waals surface area contributed by atoms with Crippen molar-refractivity contribution in [1.82, 2.24) is 9.55 Å². The molecule has 0 saturated heterocycles. The van der Waals surface area contributed by atoms with Crippen LogP contribution >= 0.6 is 0 Å². The number of aromatic nitrogens is 2. The predicted molar refractivity (Wildman–Crippen MR) is 52.9 cm³/mol. The van der Waals surface area contributed by atoms with Gasteiger partial charge in [-0.05, 0) is 26.0 Å². The van der Waals surface area contributed by atoms with Crippen molar-refractivity contribution in [1.29, 1.82) is 0 Å². The summed E-state index contributed by atoms with van der Waals surface area (Å²) in [5.41, 5.74) is 0.982. The molecular weight excluding hydrogens is 164 g/mol. The Morgan fingerprint density at radius 3 is 2.85 bits per heavy atom. The minimum absolute atomic E-state index is 0.0168. The summed E-state index contributed by atoms with van der Waals surface area (Å²) in [6, 6.07) is 4.17. The summed E-state index contributed by atoms with van der Waals surface area (Å²) in [4.78, 5) is 14.0. The summed E-state index contributed by atoms with van der Waals surface area (Å²) in [5, 5.41) is 0.760. The maximum atomic E-state index is 11.3. The molecule has 0 unspecified atom stereocenters. The fourth-order valence-electron chi connectivity index (χ4n) is 1.55. The van der Waals surface area contributed by atoms with E-state index in [4.69, 9.17) is 0 Å². The summed E-state index contributed by atoms with van der Waals surface area (Å²) in [5.74, 6) is 0. The zero-order valence-electron chi connectivity index (χ0n) is 7.74. The molecule has 0 saturated carbocycles. The summed E-state index contributed by atoms with van der Waals surface area (Å²) in [6.45, 7) is 4.20. The van der Waals surface area contributed by atoms with E-state index in [1.165, 1.54) is 0 Å². The lowest BCUT2D eigenvalue weighted by molar-refractivity contribution is 0.623. The van der Waals surface area contributed by atoms with Crippen molar-refractivity contribution in [3.8, 4) is 0 Å². The van der Waals surface area contributed by atoms with Gasteiger partial charge >= 0.3 is 0 Å². The molecule has 2 aromatic heterocycles. The molecule has 0 bridgehead atoms. The number of rotatable bonds is 1. The monoisotopic (exact) mass is 176 g/mol. The van der Waals surface area contributed by atoms with Crippen LogP contribution in [0.25, 0.3) is 10.9 Å². The average molecular weight is 176 g/mol. The summed E-state index contributed by atoms with van der Waals surface area (Å²) >= 11 is 0. The second kappa shape index (κ2) is 2.76. The minimum atomic E-state index is -0.0168. The highest BCUT2D eigenvalue weighted by atomic mass is 16.1. The van der Waals surface area contributed by atoms with E-state index in [0.29, 0.717) is 6.04 Å². The molecule has 0 fully saturated rings. The molecule has 68 valence electrons. The van der Waals surface area contributed by atoms with E-state index in [2.05, 4.69) is 23.4 Å². The summed E-state index contributed by atoms with van der Waals surface area (Å²) in [7, 11) is 0. The van der Waals surface area contributed by atoms with Crippen LogP contribution in [0.3, 0.4) is 0 Å². The van der Waals surface area contributed by atoms with Gasteiger partial charge in [0.15, 0.2) is 0 Å². The molecule has 0 atom stereocenters. The van der Waals surface area contributed by atoms with Crippen molar-refractivity contribution >= 4 is 10.9 Å². The topological polar surface area (TPSA) is 37.8 Å². The van der Waals surface area contributed by atoms with Crippen molar-refractivity contribution in [2.75, 3.05) is 0 Å². The molecule has 0 aliphatic rings. The maximum absolute atomic E-state index is 11.3. The number of aromatic amines is 1. The van der Waals surface area contributed by atoms with Gasteiger partial charge in [0.2, 0.25) is 0 Å². The van der Waals surface area contributed by atoms with E-state index < -0.39 is 0 Å². The van der Waals surface area contributed by atoms with Gasteiger partial charge in [0.05, 0.1) is 10.9 Å². The predicted octanol–water partition coefficient (Wildman–Crippen LogP) is 1.91. The van der Waals surface area contributed by atoms with Crippen LogP contribution in [-0.2, 0) is 0 Å². The fourth-order valence-corrected chi connectivity index (χ4v) is 1.55. The van der Waals surface area contributed by atoms with E-state index in [9.17, 15) is 4.79 Å². The van der Waals surface area contributed by atoms with E-state index in [0.717, 1.165) is 10.9 Å². The van der Waals surface area contributed by atoms with E-state index in [1.807, 2.05) is 18.3 Å². The van der Waals surface area contributed by atoms with Crippen molar-refractivity contribution in [2.24, 2.45) is 0 Å². The highest BCUT2D eigenvalue weighted by molar-refractivity contribution is 5.78. The van der Waals surface area contributed by atoms with Crippen LogP contribution in [-0.4, -0.2) is 9.55 Å². The molecule has 0 aliphatic heterocycles. The van der Waals surface area contributed by atoms with Gasteiger partial charge in [-0.25, -0.2) is 0 Å². The normalized spacial score (nSPS) is 11.3. The molecule has 3 nitrogen and oxygen atoms in total. The van der Waals surface area contributed by atoms with Crippen LogP contribution in [0.15, 0.2) is 29.3 Å². The smallest absolute Gasteiger partial charge is 0.257 e. The Morgan fingerprint density at radius 1 is 1.38 bits per heavy atom. The van der Waals surface area contributed by atoms with Crippen LogP contribution in [0.1, 0.15) is 19.9 Å². The second-order valence-electron chi connectivity index (χ2n) is 3.42. The van der Waals surface area contributed by atoms with Crippen LogP contribution in [0.5, 0.6) is 0 Å². The quantitative estimate of drug-likeness (QED) is 0.708.